The number of benzene rings is 1. The van der Waals surface area contributed by atoms with Crippen molar-refractivity contribution in [2.45, 2.75) is 33.7 Å². The van der Waals surface area contributed by atoms with Gasteiger partial charge in [0.2, 0.25) is 0 Å². The van der Waals surface area contributed by atoms with Gasteiger partial charge in [0.15, 0.2) is 11.2 Å². The summed E-state index contributed by atoms with van der Waals surface area (Å²) in [5, 5.41) is 0. The summed E-state index contributed by atoms with van der Waals surface area (Å²) < 4.78 is 10.3. The third-order valence-electron chi connectivity index (χ3n) is 5.08. The fraction of sp³-hybridized carbons (Fsp3) is 0.429. The van der Waals surface area contributed by atoms with Gasteiger partial charge in [-0.3, -0.25) is 18.7 Å². The van der Waals surface area contributed by atoms with E-state index in [1.165, 1.54) is 11.6 Å². The number of ether oxygens (including phenoxy) is 1. The lowest BCUT2D eigenvalue weighted by Crippen LogP contribution is -2.37. The van der Waals surface area contributed by atoms with E-state index in [2.05, 4.69) is 20.9 Å². The van der Waals surface area contributed by atoms with Crippen LogP contribution in [0.4, 0.5) is 0 Å². The van der Waals surface area contributed by atoms with Gasteiger partial charge in [-0.2, -0.15) is 0 Å². The van der Waals surface area contributed by atoms with Crippen molar-refractivity contribution >= 4 is 33.1 Å². The second kappa shape index (κ2) is 8.22. The second-order valence-corrected chi connectivity index (χ2v) is 8.82. The van der Waals surface area contributed by atoms with E-state index < -0.39 is 16.7 Å². The third-order valence-corrected chi connectivity index (χ3v) is 5.58. The second-order valence-electron chi connectivity index (χ2n) is 7.90. The molecule has 0 saturated heterocycles. The number of rotatable bonds is 6. The van der Waals surface area contributed by atoms with Gasteiger partial charge in [0.25, 0.3) is 5.56 Å². The molecule has 0 amide bonds. The summed E-state index contributed by atoms with van der Waals surface area (Å²) in [6, 6.07) is 7.74. The number of hydrogen-bond donors (Lipinski definition) is 0. The zero-order valence-electron chi connectivity index (χ0n) is 17.7. The maximum atomic E-state index is 13.0. The Morgan fingerprint density at radius 2 is 1.90 bits per heavy atom. The summed E-state index contributed by atoms with van der Waals surface area (Å²) in [4.78, 5) is 42.5. The van der Waals surface area contributed by atoms with Gasteiger partial charge in [-0.15, -0.1) is 0 Å². The van der Waals surface area contributed by atoms with Crippen LogP contribution in [0.1, 0.15) is 32.2 Å². The van der Waals surface area contributed by atoms with Crippen molar-refractivity contribution in [2.24, 2.45) is 19.5 Å². The van der Waals surface area contributed by atoms with Crippen molar-refractivity contribution in [2.75, 3.05) is 6.61 Å². The van der Waals surface area contributed by atoms with E-state index in [0.29, 0.717) is 23.5 Å². The molecule has 0 unspecified atom stereocenters. The summed E-state index contributed by atoms with van der Waals surface area (Å²) in [6.07, 6.45) is 0.256. The number of imidazole rings is 1. The molecule has 30 heavy (non-hydrogen) atoms. The van der Waals surface area contributed by atoms with E-state index in [0.717, 1.165) is 14.6 Å². The van der Waals surface area contributed by atoms with Gasteiger partial charge < -0.3 is 9.30 Å². The first-order chi connectivity index (χ1) is 14.1. The van der Waals surface area contributed by atoms with Gasteiger partial charge in [0.1, 0.15) is 5.82 Å². The molecule has 0 radical (unpaired) electrons. The summed E-state index contributed by atoms with van der Waals surface area (Å²) >= 11 is 3.47. The van der Waals surface area contributed by atoms with Gasteiger partial charge in [-0.1, -0.05) is 28.1 Å². The molecule has 0 aliphatic heterocycles. The van der Waals surface area contributed by atoms with E-state index in [-0.39, 0.29) is 19.0 Å². The average molecular weight is 477 g/mol. The van der Waals surface area contributed by atoms with E-state index in [4.69, 9.17) is 4.74 Å². The number of esters is 1. The Morgan fingerprint density at radius 1 is 1.20 bits per heavy atom. The van der Waals surface area contributed by atoms with Crippen LogP contribution in [0, 0.1) is 5.41 Å². The molecule has 2 heterocycles. The summed E-state index contributed by atoms with van der Waals surface area (Å²) in [6.45, 7) is 5.98. The van der Waals surface area contributed by atoms with Crippen molar-refractivity contribution < 1.29 is 9.53 Å². The van der Waals surface area contributed by atoms with Gasteiger partial charge >= 0.3 is 11.7 Å². The van der Waals surface area contributed by atoms with Gasteiger partial charge in [0.05, 0.1) is 12.0 Å². The zero-order chi connectivity index (χ0) is 22.2. The first-order valence-electron chi connectivity index (χ1n) is 9.63. The molecule has 3 aromatic rings. The SMILES string of the molecule is CCOC(=O)C(C)(C)Cc1nc2c(c(=O)n(C)c(=O)n2C)n1Cc1cccc(Br)c1. The Balaban J connectivity index is 2.24. The molecule has 0 saturated carbocycles. The van der Waals surface area contributed by atoms with Crippen molar-refractivity contribution in [3.63, 3.8) is 0 Å². The molecule has 0 aliphatic rings. The van der Waals surface area contributed by atoms with Crippen molar-refractivity contribution in [3.8, 4) is 0 Å². The molecular weight excluding hydrogens is 452 g/mol. The highest BCUT2D eigenvalue weighted by Gasteiger charge is 2.32. The standard InChI is InChI=1S/C21H25BrN4O4/c1-6-30-19(28)21(2,3)11-15-23-17-16(18(27)25(5)20(29)24(17)4)26(15)12-13-8-7-9-14(22)10-13/h7-10H,6,11-12H2,1-5H3. The van der Waals surface area contributed by atoms with Crippen LogP contribution in [0.15, 0.2) is 38.3 Å². The number of hydrogen-bond acceptors (Lipinski definition) is 5. The number of aromatic nitrogens is 4. The normalized spacial score (nSPS) is 11.8. The summed E-state index contributed by atoms with van der Waals surface area (Å²) in [5.74, 6) is 0.203. The van der Waals surface area contributed by atoms with Crippen molar-refractivity contribution in [3.05, 3.63) is 61.0 Å². The molecule has 9 heteroatoms. The van der Waals surface area contributed by atoms with Crippen LogP contribution in [-0.2, 0) is 36.6 Å². The number of carbonyl (C=O) groups is 1. The smallest absolute Gasteiger partial charge is 0.332 e. The van der Waals surface area contributed by atoms with Crippen molar-refractivity contribution in [1.82, 2.24) is 18.7 Å². The zero-order valence-corrected chi connectivity index (χ0v) is 19.3. The fourth-order valence-corrected chi connectivity index (χ4v) is 3.86. The lowest BCUT2D eigenvalue weighted by Gasteiger charge is -2.22. The van der Waals surface area contributed by atoms with Crippen LogP contribution in [0.2, 0.25) is 0 Å². The summed E-state index contributed by atoms with van der Waals surface area (Å²) in [7, 11) is 3.03. The largest absolute Gasteiger partial charge is 0.466 e. The number of aryl methyl sites for hydroxylation is 1. The Kier molecular flexibility index (Phi) is 6.03. The monoisotopic (exact) mass is 476 g/mol. The number of nitrogens with zero attached hydrogens (tertiary/aromatic N) is 4. The maximum Gasteiger partial charge on any atom is 0.332 e. The van der Waals surface area contributed by atoms with E-state index >= 15 is 0 Å². The Labute approximate surface area is 182 Å². The minimum Gasteiger partial charge on any atom is -0.466 e. The van der Waals surface area contributed by atoms with Crippen LogP contribution in [0.5, 0.6) is 0 Å². The van der Waals surface area contributed by atoms with Gasteiger partial charge in [0, 0.05) is 31.5 Å². The Bertz CT molecular complexity index is 1240. The predicted molar refractivity (Wildman–Crippen MR) is 118 cm³/mol. The Hall–Kier alpha value is -2.68. The average Bonchev–Trinajstić information content (AvgIpc) is 3.02. The number of carbonyl (C=O) groups excluding carboxylic acids is 1. The van der Waals surface area contributed by atoms with Gasteiger partial charge in [-0.05, 0) is 38.5 Å². The van der Waals surface area contributed by atoms with Crippen LogP contribution >= 0.6 is 15.9 Å². The lowest BCUT2D eigenvalue weighted by molar-refractivity contribution is -0.153. The molecule has 3 rings (SSSR count). The molecule has 1 aromatic carbocycles. The first-order valence-corrected chi connectivity index (χ1v) is 10.4. The highest BCUT2D eigenvalue weighted by Crippen LogP contribution is 2.26. The highest BCUT2D eigenvalue weighted by molar-refractivity contribution is 9.10. The Morgan fingerprint density at radius 3 is 2.53 bits per heavy atom. The quantitative estimate of drug-likeness (QED) is 0.509. The molecule has 8 nitrogen and oxygen atoms in total. The molecule has 160 valence electrons. The van der Waals surface area contributed by atoms with Crippen LogP contribution in [-0.4, -0.2) is 31.3 Å². The minimum absolute atomic E-state index is 0.256. The van der Waals surface area contributed by atoms with Crippen LogP contribution < -0.4 is 11.2 Å². The minimum atomic E-state index is -0.851. The summed E-state index contributed by atoms with van der Waals surface area (Å²) in [5.41, 5.74) is -0.139. The molecule has 0 aliphatic carbocycles. The third kappa shape index (κ3) is 3.98. The van der Waals surface area contributed by atoms with E-state index in [1.807, 2.05) is 24.3 Å². The molecule has 0 spiro atoms. The topological polar surface area (TPSA) is 88.1 Å². The van der Waals surface area contributed by atoms with Crippen LogP contribution in [0.3, 0.4) is 0 Å². The van der Waals surface area contributed by atoms with Crippen molar-refractivity contribution in [1.29, 1.82) is 0 Å². The highest BCUT2D eigenvalue weighted by atomic mass is 79.9. The molecule has 0 bridgehead atoms. The molecule has 0 fully saturated rings. The number of halogens is 1. The fourth-order valence-electron chi connectivity index (χ4n) is 3.41. The predicted octanol–water partition coefficient (Wildman–Crippen LogP) is 2.38. The molecule has 0 atom stereocenters. The first kappa shape index (κ1) is 22.0. The van der Waals surface area contributed by atoms with E-state index in [9.17, 15) is 14.4 Å². The molecule has 2 aromatic heterocycles. The maximum absolute atomic E-state index is 13.0. The molecule has 0 N–H and O–H groups in total. The van der Waals surface area contributed by atoms with E-state index in [1.54, 1.807) is 32.4 Å². The van der Waals surface area contributed by atoms with Gasteiger partial charge in [-0.25, -0.2) is 9.78 Å². The number of fused-ring (bicyclic) bond motifs is 1. The van der Waals surface area contributed by atoms with Crippen LogP contribution in [0.25, 0.3) is 11.2 Å². The molecular formula is C21H25BrN4O4. The lowest BCUT2D eigenvalue weighted by atomic mass is 9.89.